The molecule has 0 fully saturated rings. The van der Waals surface area contributed by atoms with Gasteiger partial charge in [-0.15, -0.1) is 0 Å². The molecule has 0 aromatic carbocycles. The van der Waals surface area contributed by atoms with Crippen LogP contribution in [0, 0.1) is 0 Å². The maximum Gasteiger partial charge on any atom is 0.250 e. The molecule has 0 unspecified atom stereocenters. The minimum absolute atomic E-state index is 0.143. The van der Waals surface area contributed by atoms with Crippen LogP contribution in [0.2, 0.25) is 0 Å². The van der Waals surface area contributed by atoms with Gasteiger partial charge in [-0.25, -0.2) is 15.0 Å². The monoisotopic (exact) mass is 405 g/mol. The fraction of sp³-hybridized carbons (Fsp3) is 0.182. The molecule has 2 rings (SSSR count). The number of aromatic nitrogens is 3. The third-order valence-corrected chi connectivity index (χ3v) is 3.14. The topological polar surface area (TPSA) is 51.8 Å². The molecule has 2 heterocycles. The summed E-state index contributed by atoms with van der Waals surface area (Å²) in [5.41, 5.74) is 0.793. The molecule has 0 aliphatic carbocycles. The van der Waals surface area contributed by atoms with Crippen molar-refractivity contribution in [2.24, 2.45) is 0 Å². The van der Waals surface area contributed by atoms with Crippen molar-refractivity contribution in [3.63, 3.8) is 0 Å². The van der Waals surface area contributed by atoms with Crippen LogP contribution in [0.15, 0.2) is 23.0 Å². The van der Waals surface area contributed by atoms with E-state index in [0.717, 1.165) is 5.56 Å². The van der Waals surface area contributed by atoms with E-state index in [2.05, 4.69) is 15.0 Å². The molecule has 0 aliphatic heterocycles. The Morgan fingerprint density at radius 2 is 1.43 bits per heavy atom. The lowest BCUT2D eigenvalue weighted by Crippen LogP contribution is -2.16. The van der Waals surface area contributed by atoms with Crippen LogP contribution in [0.4, 0.5) is 0 Å². The van der Waals surface area contributed by atoms with Crippen molar-refractivity contribution in [2.75, 3.05) is 0 Å². The van der Waals surface area contributed by atoms with Crippen LogP contribution in [-0.4, -0.2) is 15.0 Å². The molecule has 0 spiro atoms. The highest BCUT2D eigenvalue weighted by molar-refractivity contribution is 6.67. The lowest BCUT2D eigenvalue weighted by atomic mass is 10.3. The molecular formula is C11H5Cl6N3O. The van der Waals surface area contributed by atoms with Gasteiger partial charge in [-0.2, -0.15) is 0 Å². The molecule has 4 nitrogen and oxygen atoms in total. The van der Waals surface area contributed by atoms with Gasteiger partial charge in [0, 0.05) is 5.56 Å². The second kappa shape index (κ2) is 6.49. The first kappa shape index (κ1) is 17.1. The van der Waals surface area contributed by atoms with E-state index >= 15 is 0 Å². The van der Waals surface area contributed by atoms with Gasteiger partial charge in [0.1, 0.15) is 0 Å². The highest BCUT2D eigenvalue weighted by Crippen LogP contribution is 2.39. The quantitative estimate of drug-likeness (QED) is 0.635. The first-order chi connectivity index (χ1) is 9.66. The Morgan fingerprint density at radius 3 is 1.86 bits per heavy atom. The van der Waals surface area contributed by atoms with Crippen molar-refractivity contribution >= 4 is 81.8 Å². The van der Waals surface area contributed by atoms with Gasteiger partial charge in [0.2, 0.25) is 7.59 Å². The maximum atomic E-state index is 5.76. The predicted octanol–water partition coefficient (Wildman–Crippen LogP) is 5.29. The third kappa shape index (κ3) is 4.88. The number of nitrogens with zero attached hydrogens (tertiary/aromatic N) is 3. The van der Waals surface area contributed by atoms with Crippen LogP contribution >= 0.6 is 69.6 Å². The summed E-state index contributed by atoms with van der Waals surface area (Å²) in [6, 6.07) is 1.74. The highest BCUT2D eigenvalue weighted by Gasteiger charge is 2.33. The van der Waals surface area contributed by atoms with Crippen molar-refractivity contribution < 1.29 is 4.42 Å². The largest absolute Gasteiger partial charge is 0.472 e. The lowest BCUT2D eigenvalue weighted by molar-refractivity contribution is 0.567. The first-order valence-electron chi connectivity index (χ1n) is 5.27. The summed E-state index contributed by atoms with van der Waals surface area (Å²) in [6.45, 7) is 0. The number of hydrogen-bond donors (Lipinski definition) is 0. The number of rotatable bonds is 2. The molecule has 0 bridgehead atoms. The second-order valence-electron chi connectivity index (χ2n) is 3.73. The van der Waals surface area contributed by atoms with Gasteiger partial charge >= 0.3 is 0 Å². The number of hydrogen-bond acceptors (Lipinski definition) is 4. The molecule has 0 saturated carbocycles. The van der Waals surface area contributed by atoms with Crippen LogP contribution in [0.25, 0.3) is 12.2 Å². The highest BCUT2D eigenvalue weighted by atomic mass is 35.6. The van der Waals surface area contributed by atoms with Gasteiger partial charge in [-0.1, -0.05) is 69.6 Å². The molecule has 21 heavy (non-hydrogen) atoms. The van der Waals surface area contributed by atoms with E-state index in [9.17, 15) is 0 Å². The van der Waals surface area contributed by atoms with Gasteiger partial charge < -0.3 is 4.42 Å². The molecule has 0 radical (unpaired) electrons. The van der Waals surface area contributed by atoms with Crippen LogP contribution < -0.4 is 0 Å². The smallest absolute Gasteiger partial charge is 0.250 e. The molecule has 2 aromatic heterocycles. The minimum Gasteiger partial charge on any atom is -0.472 e. The zero-order valence-corrected chi connectivity index (χ0v) is 14.4. The average Bonchev–Trinajstić information content (AvgIpc) is 2.87. The van der Waals surface area contributed by atoms with E-state index < -0.39 is 7.59 Å². The van der Waals surface area contributed by atoms with E-state index in [1.165, 1.54) is 12.5 Å². The SMILES string of the molecule is ClC(Cl)(Cl)c1nc(C=Cc2ccoc2)nc(C(Cl)(Cl)Cl)n1. The Bertz CT molecular complexity index is 613. The van der Waals surface area contributed by atoms with E-state index in [0.29, 0.717) is 0 Å². The predicted molar refractivity (Wildman–Crippen MR) is 85.9 cm³/mol. The Morgan fingerprint density at radius 1 is 0.857 bits per heavy atom. The van der Waals surface area contributed by atoms with Gasteiger partial charge in [-0.3, -0.25) is 0 Å². The second-order valence-corrected chi connectivity index (χ2v) is 8.29. The average molecular weight is 408 g/mol. The molecule has 2 aromatic rings. The molecule has 0 amide bonds. The molecule has 0 atom stereocenters. The number of furan rings is 1. The van der Waals surface area contributed by atoms with Crippen LogP contribution in [0.5, 0.6) is 0 Å². The van der Waals surface area contributed by atoms with E-state index in [1.807, 2.05) is 0 Å². The third-order valence-electron chi connectivity index (χ3n) is 2.13. The normalized spacial score (nSPS) is 13.0. The number of halogens is 6. The Labute approximate surface area is 150 Å². The van der Waals surface area contributed by atoms with Gasteiger partial charge in [0.25, 0.3) is 0 Å². The van der Waals surface area contributed by atoms with Gasteiger partial charge in [0.05, 0.1) is 12.5 Å². The summed E-state index contributed by atoms with van der Waals surface area (Å²) in [5, 5.41) is 0. The van der Waals surface area contributed by atoms with Gasteiger partial charge in [0.15, 0.2) is 17.5 Å². The summed E-state index contributed by atoms with van der Waals surface area (Å²) in [6.07, 6.45) is 6.28. The summed E-state index contributed by atoms with van der Waals surface area (Å²) >= 11 is 34.6. The molecule has 0 aliphatic rings. The van der Waals surface area contributed by atoms with Crippen molar-refractivity contribution in [3.05, 3.63) is 41.6 Å². The van der Waals surface area contributed by atoms with Crippen molar-refractivity contribution in [1.82, 2.24) is 15.0 Å². The summed E-state index contributed by atoms with van der Waals surface area (Å²) in [7, 11) is 0. The van der Waals surface area contributed by atoms with Gasteiger partial charge in [-0.05, 0) is 18.2 Å². The summed E-state index contributed by atoms with van der Waals surface area (Å²) in [5.74, 6) is -0.111. The van der Waals surface area contributed by atoms with Crippen molar-refractivity contribution in [2.45, 2.75) is 7.59 Å². The summed E-state index contributed by atoms with van der Waals surface area (Å²) < 4.78 is 1.19. The summed E-state index contributed by atoms with van der Waals surface area (Å²) in [4.78, 5) is 11.9. The molecular weight excluding hydrogens is 403 g/mol. The van der Waals surface area contributed by atoms with Crippen molar-refractivity contribution in [3.8, 4) is 0 Å². The van der Waals surface area contributed by atoms with Crippen LogP contribution in [0.1, 0.15) is 23.0 Å². The van der Waals surface area contributed by atoms with E-state index in [-0.39, 0.29) is 17.5 Å². The molecule has 112 valence electrons. The lowest BCUT2D eigenvalue weighted by Gasteiger charge is -2.14. The number of alkyl halides is 6. The zero-order chi connectivity index (χ0) is 15.7. The van der Waals surface area contributed by atoms with Crippen molar-refractivity contribution in [1.29, 1.82) is 0 Å². The van der Waals surface area contributed by atoms with Crippen LogP contribution in [0.3, 0.4) is 0 Å². The van der Waals surface area contributed by atoms with E-state index in [1.54, 1.807) is 18.2 Å². The molecule has 0 saturated heterocycles. The Hall–Kier alpha value is -0.230. The van der Waals surface area contributed by atoms with E-state index in [4.69, 9.17) is 74.0 Å². The Balaban J connectivity index is 2.45. The zero-order valence-electron chi connectivity index (χ0n) is 9.90. The fourth-order valence-corrected chi connectivity index (χ4v) is 1.77. The molecule has 0 N–H and O–H groups in total. The standard InChI is InChI=1S/C11H5Cl6N3O/c12-10(13,14)8-18-7(2-1-6-3-4-21-5-6)19-9(20-8)11(15,16)17/h1-5H. The maximum absolute atomic E-state index is 5.76. The Kier molecular flexibility index (Phi) is 5.29. The first-order valence-corrected chi connectivity index (χ1v) is 7.54. The molecule has 10 heteroatoms. The van der Waals surface area contributed by atoms with Crippen LogP contribution in [-0.2, 0) is 7.59 Å². The minimum atomic E-state index is -1.87. The fourth-order valence-electron chi connectivity index (χ4n) is 1.26.